The first-order valence-electron chi connectivity index (χ1n) is 7.76. The Morgan fingerprint density at radius 3 is 2.58 bits per heavy atom. The molecule has 0 spiro atoms. The van der Waals surface area contributed by atoms with Gasteiger partial charge in [-0.05, 0) is 23.8 Å². The monoisotopic (exact) mass is 379 g/mol. The van der Waals surface area contributed by atoms with Crippen LogP contribution in [0.4, 0.5) is 0 Å². The van der Waals surface area contributed by atoms with E-state index in [9.17, 15) is 14.4 Å². The molecule has 26 heavy (non-hydrogen) atoms. The van der Waals surface area contributed by atoms with Crippen molar-refractivity contribution >= 4 is 23.5 Å². The highest BCUT2D eigenvalue weighted by Gasteiger charge is 2.20. The number of methoxy groups -OCH3 is 1. The third-order valence-electron chi connectivity index (χ3n) is 3.56. The molecule has 2 N–H and O–H groups in total. The van der Waals surface area contributed by atoms with Crippen LogP contribution in [0.5, 0.6) is 0 Å². The van der Waals surface area contributed by atoms with Crippen molar-refractivity contribution in [3.8, 4) is 0 Å². The highest BCUT2D eigenvalue weighted by molar-refractivity contribution is 6.30. The second-order valence-electron chi connectivity index (χ2n) is 5.45. The first kappa shape index (κ1) is 19.6. The van der Waals surface area contributed by atoms with E-state index in [1.165, 1.54) is 19.2 Å². The number of carboxylic acids is 1. The molecule has 0 saturated carbocycles. The Kier molecular flexibility index (Phi) is 6.88. The molecule has 0 aliphatic heterocycles. The number of amides is 1. The van der Waals surface area contributed by atoms with Crippen molar-refractivity contribution in [2.24, 2.45) is 0 Å². The molecule has 8 nitrogen and oxygen atoms in total. The van der Waals surface area contributed by atoms with Crippen LogP contribution in [0.2, 0.25) is 5.02 Å². The Hall–Kier alpha value is -2.71. The molecule has 0 aliphatic carbocycles. The van der Waals surface area contributed by atoms with Gasteiger partial charge in [-0.3, -0.25) is 14.4 Å². The van der Waals surface area contributed by atoms with Crippen molar-refractivity contribution in [3.05, 3.63) is 63.0 Å². The van der Waals surface area contributed by atoms with Gasteiger partial charge in [0.15, 0.2) is 0 Å². The number of aliphatic carboxylic acids is 1. The SMILES string of the molecule is COCCn1nc(C(=O)N[C@@H](CC(=O)O)c2ccc(Cl)cc2)ccc1=O. The number of benzene rings is 1. The minimum Gasteiger partial charge on any atom is -0.481 e. The third-order valence-corrected chi connectivity index (χ3v) is 3.81. The molecule has 0 aliphatic rings. The lowest BCUT2D eigenvalue weighted by molar-refractivity contribution is -0.137. The van der Waals surface area contributed by atoms with Crippen molar-refractivity contribution in [1.82, 2.24) is 15.1 Å². The van der Waals surface area contributed by atoms with E-state index in [4.69, 9.17) is 21.4 Å². The van der Waals surface area contributed by atoms with Crippen LogP contribution in [0, 0.1) is 0 Å². The predicted octanol–water partition coefficient (Wildman–Crippen LogP) is 1.49. The smallest absolute Gasteiger partial charge is 0.305 e. The van der Waals surface area contributed by atoms with Gasteiger partial charge < -0.3 is 15.2 Å². The third kappa shape index (κ3) is 5.40. The Balaban J connectivity index is 2.22. The molecule has 0 unspecified atom stereocenters. The molecule has 1 atom stereocenters. The van der Waals surface area contributed by atoms with Gasteiger partial charge in [0.1, 0.15) is 5.69 Å². The van der Waals surface area contributed by atoms with Crippen LogP contribution in [0.25, 0.3) is 0 Å². The fraction of sp³-hybridized carbons (Fsp3) is 0.294. The zero-order chi connectivity index (χ0) is 19.1. The minimum absolute atomic E-state index is 0.00468. The maximum atomic E-state index is 12.5. The van der Waals surface area contributed by atoms with Gasteiger partial charge in [0.25, 0.3) is 11.5 Å². The maximum Gasteiger partial charge on any atom is 0.305 e. The highest BCUT2D eigenvalue weighted by Crippen LogP contribution is 2.20. The van der Waals surface area contributed by atoms with Crippen LogP contribution in [0.1, 0.15) is 28.5 Å². The highest BCUT2D eigenvalue weighted by atomic mass is 35.5. The lowest BCUT2D eigenvalue weighted by Crippen LogP contribution is -2.33. The summed E-state index contributed by atoms with van der Waals surface area (Å²) >= 11 is 5.84. The quantitative estimate of drug-likeness (QED) is 0.719. The Morgan fingerprint density at radius 2 is 1.96 bits per heavy atom. The van der Waals surface area contributed by atoms with Gasteiger partial charge in [-0.15, -0.1) is 0 Å². The van der Waals surface area contributed by atoms with E-state index < -0.39 is 17.9 Å². The van der Waals surface area contributed by atoms with E-state index >= 15 is 0 Å². The summed E-state index contributed by atoms with van der Waals surface area (Å²) in [4.78, 5) is 35.4. The molecule has 2 rings (SSSR count). The number of rotatable bonds is 8. The van der Waals surface area contributed by atoms with Crippen LogP contribution in [-0.4, -0.2) is 40.5 Å². The van der Waals surface area contributed by atoms with Crippen molar-refractivity contribution < 1.29 is 19.4 Å². The zero-order valence-corrected chi connectivity index (χ0v) is 14.8. The van der Waals surface area contributed by atoms with Crippen LogP contribution in [-0.2, 0) is 16.1 Å². The molecule has 0 bridgehead atoms. The molecule has 0 saturated heterocycles. The van der Waals surface area contributed by atoms with Crippen molar-refractivity contribution in [2.45, 2.75) is 19.0 Å². The van der Waals surface area contributed by atoms with E-state index in [1.54, 1.807) is 24.3 Å². The minimum atomic E-state index is -1.07. The number of carbonyl (C=O) groups excluding carboxylic acids is 1. The first-order chi connectivity index (χ1) is 12.4. The summed E-state index contributed by atoms with van der Waals surface area (Å²) in [7, 11) is 1.49. The summed E-state index contributed by atoms with van der Waals surface area (Å²) in [6, 6.07) is 8.26. The number of halogens is 1. The van der Waals surface area contributed by atoms with Crippen molar-refractivity contribution in [1.29, 1.82) is 0 Å². The molecule has 1 aromatic carbocycles. The molecule has 1 aromatic heterocycles. The van der Waals surface area contributed by atoms with Gasteiger partial charge in [-0.25, -0.2) is 4.68 Å². The molecule has 138 valence electrons. The summed E-state index contributed by atoms with van der Waals surface area (Å²) in [5.41, 5.74) is 0.237. The molecular formula is C17H18ClN3O5. The Labute approximate surface area is 154 Å². The standard InChI is InChI=1S/C17H18ClN3O5/c1-26-9-8-21-15(22)7-6-13(20-21)17(25)19-14(10-16(23)24)11-2-4-12(18)5-3-11/h2-7,14H,8-10H2,1H3,(H,19,25)(H,23,24)/t14-/m0/s1. The van der Waals surface area contributed by atoms with Crippen LogP contribution in [0.3, 0.4) is 0 Å². The largest absolute Gasteiger partial charge is 0.481 e. The van der Waals surface area contributed by atoms with E-state index in [0.29, 0.717) is 10.6 Å². The average Bonchev–Trinajstić information content (AvgIpc) is 2.60. The van der Waals surface area contributed by atoms with Crippen LogP contribution >= 0.6 is 11.6 Å². The molecular weight excluding hydrogens is 362 g/mol. The van der Waals surface area contributed by atoms with Crippen molar-refractivity contribution in [2.75, 3.05) is 13.7 Å². The topological polar surface area (TPSA) is 111 Å². The van der Waals surface area contributed by atoms with Gasteiger partial charge in [-0.1, -0.05) is 23.7 Å². The second kappa shape index (κ2) is 9.12. The molecule has 9 heteroatoms. The second-order valence-corrected chi connectivity index (χ2v) is 5.88. The van der Waals surface area contributed by atoms with E-state index in [2.05, 4.69) is 10.4 Å². The van der Waals surface area contributed by atoms with Gasteiger partial charge in [0.05, 0.1) is 25.6 Å². The summed E-state index contributed by atoms with van der Waals surface area (Å²) in [5.74, 6) is -1.65. The predicted molar refractivity (Wildman–Crippen MR) is 94.3 cm³/mol. The van der Waals surface area contributed by atoms with Gasteiger partial charge >= 0.3 is 5.97 Å². The number of carboxylic acid groups (broad SMARTS) is 1. The summed E-state index contributed by atoms with van der Waals surface area (Å²) in [6.07, 6.45) is -0.309. The van der Waals surface area contributed by atoms with Gasteiger partial charge in [0, 0.05) is 18.2 Å². The number of nitrogens with zero attached hydrogens (tertiary/aromatic N) is 2. The fourth-order valence-electron chi connectivity index (χ4n) is 2.26. The Bertz CT molecular complexity index is 835. The maximum absolute atomic E-state index is 12.5. The molecule has 1 amide bonds. The van der Waals surface area contributed by atoms with Crippen LogP contribution in [0.15, 0.2) is 41.2 Å². The zero-order valence-electron chi connectivity index (χ0n) is 14.0. The van der Waals surface area contributed by atoms with E-state index in [-0.39, 0.29) is 30.8 Å². The number of hydrogen-bond acceptors (Lipinski definition) is 5. The van der Waals surface area contributed by atoms with Gasteiger partial charge in [-0.2, -0.15) is 5.10 Å². The number of nitrogens with one attached hydrogen (secondary N) is 1. The van der Waals surface area contributed by atoms with E-state index in [1.807, 2.05) is 0 Å². The first-order valence-corrected chi connectivity index (χ1v) is 8.13. The average molecular weight is 380 g/mol. The number of ether oxygens (including phenoxy) is 1. The number of hydrogen-bond donors (Lipinski definition) is 2. The summed E-state index contributed by atoms with van der Waals surface area (Å²) < 4.78 is 6.02. The van der Waals surface area contributed by atoms with Crippen LogP contribution < -0.4 is 10.9 Å². The number of aromatic nitrogens is 2. The van der Waals surface area contributed by atoms with E-state index in [0.717, 1.165) is 4.68 Å². The molecule has 1 heterocycles. The molecule has 0 radical (unpaired) electrons. The van der Waals surface area contributed by atoms with Gasteiger partial charge in [0.2, 0.25) is 0 Å². The normalized spacial score (nSPS) is 11.8. The van der Waals surface area contributed by atoms with Crippen molar-refractivity contribution in [3.63, 3.8) is 0 Å². The number of carbonyl (C=O) groups is 2. The molecule has 2 aromatic rings. The summed E-state index contributed by atoms with van der Waals surface area (Å²) in [6.45, 7) is 0.469. The lowest BCUT2D eigenvalue weighted by Gasteiger charge is -2.17. The molecule has 0 fully saturated rings. The summed E-state index contributed by atoms with van der Waals surface area (Å²) in [5, 5.41) is 16.2. The lowest BCUT2D eigenvalue weighted by atomic mass is 10.0. The Morgan fingerprint density at radius 1 is 1.27 bits per heavy atom. The fourth-order valence-corrected chi connectivity index (χ4v) is 2.39.